The van der Waals surface area contributed by atoms with Gasteiger partial charge in [0.2, 0.25) is 0 Å². The van der Waals surface area contributed by atoms with Crippen LogP contribution in [0.15, 0.2) is 18.6 Å². The van der Waals surface area contributed by atoms with Gasteiger partial charge in [0.05, 0.1) is 18.1 Å². The molecule has 74 valence electrons. The van der Waals surface area contributed by atoms with Crippen LogP contribution in [0.5, 0.6) is 0 Å². The summed E-state index contributed by atoms with van der Waals surface area (Å²) in [5, 5.41) is 12.7. The first-order valence-electron chi connectivity index (χ1n) is 4.12. The van der Waals surface area contributed by atoms with Gasteiger partial charge in [0.15, 0.2) is 10.8 Å². The Hall–Kier alpha value is -1.93. The van der Waals surface area contributed by atoms with E-state index in [2.05, 4.69) is 15.1 Å². The first kappa shape index (κ1) is 9.62. The largest absolute Gasteiger partial charge is 0.275 e. The topological polar surface area (TPSA) is 67.4 Å². The molecule has 0 aliphatic carbocycles. The lowest BCUT2D eigenvalue weighted by atomic mass is 10.3. The van der Waals surface area contributed by atoms with Gasteiger partial charge in [-0.05, 0) is 0 Å². The van der Waals surface area contributed by atoms with Gasteiger partial charge in [0, 0.05) is 18.8 Å². The zero-order valence-electron chi connectivity index (χ0n) is 7.85. The van der Waals surface area contributed by atoms with Crippen molar-refractivity contribution in [3.05, 3.63) is 29.4 Å². The molecule has 0 amide bonds. The number of aromatic nitrogens is 4. The summed E-state index contributed by atoms with van der Waals surface area (Å²) in [5.41, 5.74) is 1.55. The number of aryl methyl sites for hydroxylation is 1. The minimum Gasteiger partial charge on any atom is -0.275 e. The lowest BCUT2D eigenvalue weighted by molar-refractivity contribution is 0.768. The number of halogens is 1. The minimum atomic E-state index is 0.110. The molecule has 0 saturated heterocycles. The Labute approximate surface area is 91.0 Å². The zero-order chi connectivity index (χ0) is 10.8. The fourth-order valence-corrected chi connectivity index (χ4v) is 1.32. The van der Waals surface area contributed by atoms with E-state index in [0.717, 1.165) is 5.56 Å². The van der Waals surface area contributed by atoms with Crippen molar-refractivity contribution in [2.45, 2.75) is 0 Å². The third-order valence-corrected chi connectivity index (χ3v) is 2.10. The third kappa shape index (κ3) is 1.80. The van der Waals surface area contributed by atoms with Crippen LogP contribution in [0, 0.1) is 11.3 Å². The fourth-order valence-electron chi connectivity index (χ4n) is 1.13. The summed E-state index contributed by atoms with van der Waals surface area (Å²) in [6.07, 6.45) is 4.96. The highest BCUT2D eigenvalue weighted by Crippen LogP contribution is 2.18. The summed E-state index contributed by atoms with van der Waals surface area (Å²) >= 11 is 5.76. The highest BCUT2D eigenvalue weighted by molar-refractivity contribution is 6.30. The lowest BCUT2D eigenvalue weighted by Crippen LogP contribution is -1.91. The summed E-state index contributed by atoms with van der Waals surface area (Å²) in [6, 6.07) is 1.85. The van der Waals surface area contributed by atoms with Crippen LogP contribution in [0.2, 0.25) is 5.15 Å². The summed E-state index contributed by atoms with van der Waals surface area (Å²) in [7, 11) is 1.81. The second-order valence-corrected chi connectivity index (χ2v) is 3.27. The Morgan fingerprint density at radius 1 is 1.47 bits per heavy atom. The SMILES string of the molecule is Cn1cc(-c2cnc(C#N)c(Cl)n2)cn1. The summed E-state index contributed by atoms with van der Waals surface area (Å²) in [6.45, 7) is 0. The number of nitriles is 1. The van der Waals surface area contributed by atoms with Crippen LogP contribution >= 0.6 is 11.6 Å². The monoisotopic (exact) mass is 219 g/mol. The summed E-state index contributed by atoms with van der Waals surface area (Å²) in [4.78, 5) is 7.94. The Morgan fingerprint density at radius 3 is 2.80 bits per heavy atom. The van der Waals surface area contributed by atoms with E-state index < -0.39 is 0 Å². The van der Waals surface area contributed by atoms with E-state index in [1.165, 1.54) is 6.20 Å². The van der Waals surface area contributed by atoms with E-state index in [9.17, 15) is 0 Å². The molecule has 0 bridgehead atoms. The average Bonchev–Trinajstić information content (AvgIpc) is 2.65. The third-order valence-electron chi connectivity index (χ3n) is 1.84. The summed E-state index contributed by atoms with van der Waals surface area (Å²) in [5.74, 6) is 0. The van der Waals surface area contributed by atoms with Gasteiger partial charge < -0.3 is 0 Å². The van der Waals surface area contributed by atoms with Crippen LogP contribution in [0.4, 0.5) is 0 Å². The van der Waals surface area contributed by atoms with Gasteiger partial charge in [-0.15, -0.1) is 0 Å². The van der Waals surface area contributed by atoms with E-state index in [1.54, 1.807) is 17.1 Å². The van der Waals surface area contributed by atoms with Crippen LogP contribution in [-0.4, -0.2) is 19.7 Å². The molecule has 2 rings (SSSR count). The number of rotatable bonds is 1. The fraction of sp³-hybridized carbons (Fsp3) is 0.111. The first-order valence-corrected chi connectivity index (χ1v) is 4.50. The number of hydrogen-bond acceptors (Lipinski definition) is 4. The molecular weight excluding hydrogens is 214 g/mol. The molecule has 0 saturated carbocycles. The van der Waals surface area contributed by atoms with Crippen molar-refractivity contribution >= 4 is 11.6 Å². The van der Waals surface area contributed by atoms with Crippen LogP contribution in [-0.2, 0) is 7.05 Å². The molecule has 0 N–H and O–H groups in total. The predicted octanol–water partition coefficient (Wildman–Crippen LogP) is 1.40. The Bertz CT molecular complexity index is 540. The number of nitrogens with zero attached hydrogens (tertiary/aromatic N) is 5. The molecule has 2 heterocycles. The maximum Gasteiger partial charge on any atom is 0.177 e. The predicted molar refractivity (Wildman–Crippen MR) is 54.0 cm³/mol. The molecule has 15 heavy (non-hydrogen) atoms. The molecule has 0 radical (unpaired) electrons. The highest BCUT2D eigenvalue weighted by Gasteiger charge is 2.07. The van der Waals surface area contributed by atoms with E-state index in [-0.39, 0.29) is 10.8 Å². The van der Waals surface area contributed by atoms with Crippen molar-refractivity contribution in [1.82, 2.24) is 19.7 Å². The van der Waals surface area contributed by atoms with Crippen molar-refractivity contribution in [2.24, 2.45) is 7.05 Å². The van der Waals surface area contributed by atoms with Crippen molar-refractivity contribution in [3.63, 3.8) is 0 Å². The van der Waals surface area contributed by atoms with Gasteiger partial charge in [-0.1, -0.05) is 11.6 Å². The molecule has 0 atom stereocenters. The zero-order valence-corrected chi connectivity index (χ0v) is 8.60. The van der Waals surface area contributed by atoms with Crippen molar-refractivity contribution in [3.8, 4) is 17.3 Å². The molecule has 2 aromatic heterocycles. The molecule has 0 unspecified atom stereocenters. The molecule has 0 aliphatic rings. The van der Waals surface area contributed by atoms with Crippen LogP contribution < -0.4 is 0 Å². The van der Waals surface area contributed by atoms with Gasteiger partial charge in [-0.3, -0.25) is 4.68 Å². The molecule has 0 spiro atoms. The Kier molecular flexibility index (Phi) is 2.35. The van der Waals surface area contributed by atoms with Crippen molar-refractivity contribution in [2.75, 3.05) is 0 Å². The molecular formula is C9H6ClN5. The second-order valence-electron chi connectivity index (χ2n) is 2.91. The van der Waals surface area contributed by atoms with Gasteiger partial charge in [0.1, 0.15) is 6.07 Å². The van der Waals surface area contributed by atoms with Crippen LogP contribution in [0.3, 0.4) is 0 Å². The van der Waals surface area contributed by atoms with E-state index in [0.29, 0.717) is 5.69 Å². The van der Waals surface area contributed by atoms with Gasteiger partial charge in [-0.25, -0.2) is 9.97 Å². The van der Waals surface area contributed by atoms with Crippen molar-refractivity contribution < 1.29 is 0 Å². The first-order chi connectivity index (χ1) is 7.20. The smallest absolute Gasteiger partial charge is 0.177 e. The maximum absolute atomic E-state index is 8.63. The Morgan fingerprint density at radius 2 is 2.27 bits per heavy atom. The molecule has 0 aliphatic heterocycles. The second kappa shape index (κ2) is 3.67. The van der Waals surface area contributed by atoms with E-state index in [1.807, 2.05) is 13.1 Å². The van der Waals surface area contributed by atoms with Crippen molar-refractivity contribution in [1.29, 1.82) is 5.26 Å². The standard InChI is InChI=1S/C9H6ClN5/c1-15-5-6(3-13-15)8-4-12-7(2-11)9(10)14-8/h3-5H,1H3. The maximum atomic E-state index is 8.63. The highest BCUT2D eigenvalue weighted by atomic mass is 35.5. The van der Waals surface area contributed by atoms with E-state index in [4.69, 9.17) is 16.9 Å². The quantitative estimate of drug-likeness (QED) is 0.727. The van der Waals surface area contributed by atoms with Gasteiger partial charge in [0.25, 0.3) is 0 Å². The molecule has 0 fully saturated rings. The molecule has 5 nitrogen and oxygen atoms in total. The van der Waals surface area contributed by atoms with Gasteiger partial charge >= 0.3 is 0 Å². The summed E-state index contributed by atoms with van der Waals surface area (Å²) < 4.78 is 1.66. The van der Waals surface area contributed by atoms with Gasteiger partial charge in [-0.2, -0.15) is 10.4 Å². The number of hydrogen-bond donors (Lipinski definition) is 0. The Balaban J connectivity index is 2.48. The molecule has 6 heteroatoms. The van der Waals surface area contributed by atoms with Crippen LogP contribution in [0.1, 0.15) is 5.69 Å². The van der Waals surface area contributed by atoms with Crippen LogP contribution in [0.25, 0.3) is 11.3 Å². The lowest BCUT2D eigenvalue weighted by Gasteiger charge is -1.97. The normalized spacial score (nSPS) is 9.93. The molecule has 0 aromatic carbocycles. The average molecular weight is 220 g/mol. The minimum absolute atomic E-state index is 0.110. The molecule has 2 aromatic rings. The van der Waals surface area contributed by atoms with E-state index >= 15 is 0 Å².